The Morgan fingerprint density at radius 1 is 1.03 bits per heavy atom. The van der Waals surface area contributed by atoms with E-state index in [4.69, 9.17) is 21.1 Å². The van der Waals surface area contributed by atoms with E-state index in [2.05, 4.69) is 21.2 Å². The molecule has 3 aromatic rings. The highest BCUT2D eigenvalue weighted by molar-refractivity contribution is 9.10. The SMILES string of the molecule is CCCNC(=O)[C@@H](Cc1ccccc1)N(Cc1cccc(OC)c1)C(=O)COc1ccc(Cl)cc1Br. The summed E-state index contributed by atoms with van der Waals surface area (Å²) in [6.07, 6.45) is 1.16. The third-order valence-electron chi connectivity index (χ3n) is 5.55. The van der Waals surface area contributed by atoms with E-state index in [9.17, 15) is 9.59 Å². The molecule has 0 fully saturated rings. The quantitative estimate of drug-likeness (QED) is 0.304. The summed E-state index contributed by atoms with van der Waals surface area (Å²) in [5, 5.41) is 3.52. The van der Waals surface area contributed by atoms with Gasteiger partial charge in [-0.1, -0.05) is 61.0 Å². The molecule has 0 radical (unpaired) electrons. The Balaban J connectivity index is 1.91. The lowest BCUT2D eigenvalue weighted by molar-refractivity contribution is -0.142. The maximum atomic E-state index is 13.6. The zero-order valence-electron chi connectivity index (χ0n) is 20.4. The van der Waals surface area contributed by atoms with Gasteiger partial charge in [-0.25, -0.2) is 0 Å². The summed E-state index contributed by atoms with van der Waals surface area (Å²) in [5.74, 6) is 0.650. The summed E-state index contributed by atoms with van der Waals surface area (Å²) in [7, 11) is 1.59. The molecule has 8 heteroatoms. The number of rotatable bonds is 12. The van der Waals surface area contributed by atoms with Gasteiger partial charge in [0.2, 0.25) is 5.91 Å². The topological polar surface area (TPSA) is 67.9 Å². The predicted octanol–water partition coefficient (Wildman–Crippen LogP) is 5.66. The van der Waals surface area contributed by atoms with Crippen LogP contribution < -0.4 is 14.8 Å². The van der Waals surface area contributed by atoms with Crippen molar-refractivity contribution in [1.29, 1.82) is 0 Å². The van der Waals surface area contributed by atoms with Gasteiger partial charge in [-0.2, -0.15) is 0 Å². The molecule has 0 aliphatic rings. The first-order valence-corrected chi connectivity index (χ1v) is 12.9. The first kappa shape index (κ1) is 27.6. The van der Waals surface area contributed by atoms with Gasteiger partial charge in [-0.05, 0) is 63.8 Å². The number of benzene rings is 3. The highest BCUT2D eigenvalue weighted by Gasteiger charge is 2.30. The molecule has 3 rings (SSSR count). The second-order valence-electron chi connectivity index (χ2n) is 8.23. The number of carbonyl (C=O) groups excluding carboxylic acids is 2. The number of nitrogens with one attached hydrogen (secondary N) is 1. The van der Waals surface area contributed by atoms with E-state index in [1.54, 1.807) is 30.2 Å². The van der Waals surface area contributed by atoms with Crippen LogP contribution in [-0.2, 0) is 22.6 Å². The van der Waals surface area contributed by atoms with Crippen molar-refractivity contribution in [2.24, 2.45) is 0 Å². The molecule has 0 heterocycles. The van der Waals surface area contributed by atoms with Crippen LogP contribution in [0.4, 0.5) is 0 Å². The summed E-state index contributed by atoms with van der Waals surface area (Å²) >= 11 is 9.44. The minimum Gasteiger partial charge on any atom is -0.497 e. The average molecular weight is 574 g/mol. The van der Waals surface area contributed by atoms with Gasteiger partial charge in [0.15, 0.2) is 6.61 Å². The van der Waals surface area contributed by atoms with E-state index in [0.29, 0.717) is 34.0 Å². The van der Waals surface area contributed by atoms with Crippen molar-refractivity contribution in [3.63, 3.8) is 0 Å². The minimum atomic E-state index is -0.727. The molecule has 190 valence electrons. The van der Waals surface area contributed by atoms with Crippen molar-refractivity contribution in [2.45, 2.75) is 32.4 Å². The summed E-state index contributed by atoms with van der Waals surface area (Å²) in [4.78, 5) is 28.5. The summed E-state index contributed by atoms with van der Waals surface area (Å²) < 4.78 is 11.8. The fourth-order valence-electron chi connectivity index (χ4n) is 3.70. The van der Waals surface area contributed by atoms with Gasteiger partial charge < -0.3 is 19.7 Å². The zero-order valence-corrected chi connectivity index (χ0v) is 22.7. The Bertz CT molecular complexity index is 1160. The van der Waals surface area contributed by atoms with Crippen LogP contribution in [0.5, 0.6) is 11.5 Å². The maximum absolute atomic E-state index is 13.6. The van der Waals surface area contributed by atoms with Crippen LogP contribution in [0.25, 0.3) is 0 Å². The minimum absolute atomic E-state index is 0.204. The Morgan fingerprint density at radius 2 is 1.78 bits per heavy atom. The van der Waals surface area contributed by atoms with Crippen LogP contribution in [0.2, 0.25) is 5.02 Å². The molecule has 1 atom stereocenters. The zero-order chi connectivity index (χ0) is 25.9. The number of methoxy groups -OCH3 is 1. The number of carbonyl (C=O) groups is 2. The van der Waals surface area contributed by atoms with Gasteiger partial charge in [0.25, 0.3) is 5.91 Å². The highest BCUT2D eigenvalue weighted by atomic mass is 79.9. The fourth-order valence-corrected chi connectivity index (χ4v) is 4.50. The van der Waals surface area contributed by atoms with Gasteiger partial charge in [0.1, 0.15) is 17.5 Å². The molecule has 3 aromatic carbocycles. The van der Waals surface area contributed by atoms with Crippen molar-refractivity contribution in [1.82, 2.24) is 10.2 Å². The number of halogens is 2. The van der Waals surface area contributed by atoms with E-state index >= 15 is 0 Å². The molecule has 0 aliphatic heterocycles. The standard InChI is InChI=1S/C28H30BrClN2O4/c1-3-14-31-28(34)25(16-20-8-5-4-6-9-20)32(18-21-10-7-11-23(15-21)35-2)27(33)19-36-26-13-12-22(30)17-24(26)29/h4-13,15,17,25H,3,14,16,18-19H2,1-2H3,(H,31,34)/t25-/m1/s1. The number of hydrogen-bond acceptors (Lipinski definition) is 4. The van der Waals surface area contributed by atoms with E-state index < -0.39 is 6.04 Å². The third kappa shape index (κ3) is 8.00. The summed E-state index contributed by atoms with van der Waals surface area (Å²) in [6, 6.07) is 21.5. The van der Waals surface area contributed by atoms with E-state index in [1.165, 1.54) is 0 Å². The van der Waals surface area contributed by atoms with E-state index in [1.807, 2.05) is 61.5 Å². The monoisotopic (exact) mass is 572 g/mol. The van der Waals surface area contributed by atoms with Gasteiger partial charge in [0, 0.05) is 24.5 Å². The molecule has 0 aromatic heterocycles. The first-order chi connectivity index (χ1) is 17.4. The van der Waals surface area contributed by atoms with Crippen LogP contribution in [0.3, 0.4) is 0 Å². The summed E-state index contributed by atoms with van der Waals surface area (Å²) in [5.41, 5.74) is 1.80. The largest absolute Gasteiger partial charge is 0.497 e. The molecular weight excluding hydrogens is 544 g/mol. The Kier molecular flexibility index (Phi) is 10.6. The second-order valence-corrected chi connectivity index (χ2v) is 9.52. The molecule has 6 nitrogen and oxygen atoms in total. The second kappa shape index (κ2) is 13.9. The Morgan fingerprint density at radius 3 is 2.47 bits per heavy atom. The Labute approximate surface area is 225 Å². The molecule has 0 spiro atoms. The van der Waals surface area contributed by atoms with Crippen molar-refractivity contribution < 1.29 is 19.1 Å². The van der Waals surface area contributed by atoms with Crippen LogP contribution in [0.15, 0.2) is 77.3 Å². The van der Waals surface area contributed by atoms with Gasteiger partial charge in [0.05, 0.1) is 11.6 Å². The molecule has 0 unspecified atom stereocenters. The molecule has 0 saturated carbocycles. The average Bonchev–Trinajstić information content (AvgIpc) is 2.89. The van der Waals surface area contributed by atoms with Crippen molar-refractivity contribution >= 4 is 39.3 Å². The number of hydrogen-bond donors (Lipinski definition) is 1. The normalized spacial score (nSPS) is 11.4. The lowest BCUT2D eigenvalue weighted by Gasteiger charge is -2.31. The van der Waals surface area contributed by atoms with Crippen LogP contribution in [0.1, 0.15) is 24.5 Å². The molecule has 0 saturated heterocycles. The number of amides is 2. The molecule has 1 N–H and O–H groups in total. The molecule has 36 heavy (non-hydrogen) atoms. The predicted molar refractivity (Wildman–Crippen MR) is 145 cm³/mol. The van der Waals surface area contributed by atoms with E-state index in [-0.39, 0.29) is 25.0 Å². The smallest absolute Gasteiger partial charge is 0.261 e. The molecule has 2 amide bonds. The third-order valence-corrected chi connectivity index (χ3v) is 6.41. The van der Waals surface area contributed by atoms with Crippen LogP contribution >= 0.6 is 27.5 Å². The number of nitrogens with zero attached hydrogens (tertiary/aromatic N) is 1. The highest BCUT2D eigenvalue weighted by Crippen LogP contribution is 2.28. The lowest BCUT2D eigenvalue weighted by Crippen LogP contribution is -2.51. The van der Waals surface area contributed by atoms with Crippen molar-refractivity contribution in [2.75, 3.05) is 20.3 Å². The van der Waals surface area contributed by atoms with E-state index in [0.717, 1.165) is 17.5 Å². The van der Waals surface area contributed by atoms with Crippen molar-refractivity contribution in [3.05, 3.63) is 93.4 Å². The number of ether oxygens (including phenoxy) is 2. The molecular formula is C28H30BrClN2O4. The van der Waals surface area contributed by atoms with Crippen LogP contribution in [-0.4, -0.2) is 43.0 Å². The molecule has 0 bridgehead atoms. The Hall–Kier alpha value is -3.03. The van der Waals surface area contributed by atoms with Crippen molar-refractivity contribution in [3.8, 4) is 11.5 Å². The fraction of sp³-hybridized carbons (Fsp3) is 0.286. The van der Waals surface area contributed by atoms with Crippen LogP contribution in [0, 0.1) is 0 Å². The summed E-state index contributed by atoms with van der Waals surface area (Å²) in [6.45, 7) is 2.50. The van der Waals surface area contributed by atoms with Gasteiger partial charge in [-0.3, -0.25) is 9.59 Å². The van der Waals surface area contributed by atoms with Gasteiger partial charge >= 0.3 is 0 Å². The maximum Gasteiger partial charge on any atom is 0.261 e. The van der Waals surface area contributed by atoms with Gasteiger partial charge in [-0.15, -0.1) is 0 Å². The first-order valence-electron chi connectivity index (χ1n) is 11.7. The molecule has 0 aliphatic carbocycles. The lowest BCUT2D eigenvalue weighted by atomic mass is 10.0.